The molecule has 0 aliphatic carbocycles. The molecule has 0 saturated heterocycles. The minimum absolute atomic E-state index is 0.406. The number of rotatable bonds is 22. The summed E-state index contributed by atoms with van der Waals surface area (Å²) >= 11 is 0. The van der Waals surface area contributed by atoms with Gasteiger partial charge in [-0.1, -0.05) is 102 Å². The standard InChI is InChI=1S/C51H54F6N4O4/c1-5-9-29-60(30-10-6-2)43-21-13-37(14-22-43)33-39(35-58)47(62)64-45-25-17-41(18-26-45)49(50(52,53)54,51(55,56)57)42-19-27-46(28-20-42)65-48(63)40(36-59)34-38-15-23-44(24-16-38)61(31-11-7-3)32-12-8-4/h13-28,33-34H,5-12,29-32H2,1-4H3/b39-33+,40-34+. The molecule has 65 heavy (non-hydrogen) atoms. The monoisotopic (exact) mass is 900 g/mol. The molecule has 0 aliphatic heterocycles. The van der Waals surface area contributed by atoms with Gasteiger partial charge in [0.15, 0.2) is 0 Å². The van der Waals surface area contributed by atoms with Gasteiger partial charge in [-0.05, 0) is 109 Å². The van der Waals surface area contributed by atoms with Gasteiger partial charge in [0.25, 0.3) is 0 Å². The van der Waals surface area contributed by atoms with E-state index in [2.05, 4.69) is 37.5 Å². The number of unbranched alkanes of at least 4 members (excludes halogenated alkanes) is 4. The highest BCUT2D eigenvalue weighted by atomic mass is 19.4. The number of esters is 2. The number of alkyl halides is 6. The second kappa shape index (κ2) is 23.9. The van der Waals surface area contributed by atoms with Crippen molar-refractivity contribution in [1.82, 2.24) is 0 Å². The van der Waals surface area contributed by atoms with Crippen molar-refractivity contribution in [3.05, 3.63) is 130 Å². The lowest BCUT2D eigenvalue weighted by Gasteiger charge is -2.38. The predicted molar refractivity (Wildman–Crippen MR) is 241 cm³/mol. The van der Waals surface area contributed by atoms with E-state index < -0.39 is 63.5 Å². The summed E-state index contributed by atoms with van der Waals surface area (Å²) in [5.74, 6) is -3.15. The smallest absolute Gasteiger partial charge is 0.411 e. The molecule has 8 nitrogen and oxygen atoms in total. The van der Waals surface area contributed by atoms with E-state index in [0.717, 1.165) is 113 Å². The summed E-state index contributed by atoms with van der Waals surface area (Å²) in [6, 6.07) is 23.1. The lowest BCUT2D eigenvalue weighted by Crippen LogP contribution is -2.54. The maximum absolute atomic E-state index is 15.0. The van der Waals surface area contributed by atoms with Crippen molar-refractivity contribution in [3.8, 4) is 23.6 Å². The Morgan fingerprint density at radius 3 is 1.05 bits per heavy atom. The van der Waals surface area contributed by atoms with E-state index in [1.54, 1.807) is 36.4 Å². The molecule has 4 aromatic rings. The van der Waals surface area contributed by atoms with E-state index in [9.17, 15) is 46.5 Å². The summed E-state index contributed by atoms with van der Waals surface area (Å²) in [7, 11) is 0. The Balaban J connectivity index is 1.54. The molecule has 0 radical (unpaired) electrons. The van der Waals surface area contributed by atoms with Crippen LogP contribution in [0.4, 0.5) is 37.7 Å². The third-order valence-electron chi connectivity index (χ3n) is 10.8. The van der Waals surface area contributed by atoms with Crippen molar-refractivity contribution in [3.63, 3.8) is 0 Å². The Morgan fingerprint density at radius 1 is 0.508 bits per heavy atom. The quantitative estimate of drug-likeness (QED) is 0.0252. The van der Waals surface area contributed by atoms with Crippen LogP contribution in [0.1, 0.15) is 101 Å². The normalized spacial score (nSPS) is 12.2. The second-order valence-electron chi connectivity index (χ2n) is 15.5. The van der Waals surface area contributed by atoms with E-state index in [1.807, 2.05) is 24.3 Å². The van der Waals surface area contributed by atoms with E-state index in [-0.39, 0.29) is 0 Å². The Kier molecular flexibility index (Phi) is 18.8. The van der Waals surface area contributed by atoms with Crippen molar-refractivity contribution in [1.29, 1.82) is 10.5 Å². The van der Waals surface area contributed by atoms with Crippen LogP contribution in [0, 0.1) is 22.7 Å². The van der Waals surface area contributed by atoms with Gasteiger partial charge < -0.3 is 19.3 Å². The van der Waals surface area contributed by atoms with Crippen LogP contribution in [0.2, 0.25) is 0 Å². The summed E-state index contributed by atoms with van der Waals surface area (Å²) in [5, 5.41) is 19.5. The summed E-state index contributed by atoms with van der Waals surface area (Å²) in [5.41, 5.74) is -5.03. The molecule has 0 aliphatic rings. The Morgan fingerprint density at radius 2 is 0.800 bits per heavy atom. The van der Waals surface area contributed by atoms with Crippen LogP contribution < -0.4 is 19.3 Å². The van der Waals surface area contributed by atoms with Gasteiger partial charge in [0, 0.05) is 37.6 Å². The first-order valence-electron chi connectivity index (χ1n) is 21.8. The Labute approximate surface area is 377 Å². The summed E-state index contributed by atoms with van der Waals surface area (Å²) < 4.78 is 100. The highest BCUT2D eigenvalue weighted by Gasteiger charge is 2.72. The van der Waals surface area contributed by atoms with Gasteiger partial charge in [-0.25, -0.2) is 9.59 Å². The maximum Gasteiger partial charge on any atom is 0.411 e. The third kappa shape index (κ3) is 13.3. The minimum atomic E-state index is -5.95. The average molecular weight is 901 g/mol. The molecule has 0 fully saturated rings. The molecule has 0 saturated carbocycles. The van der Waals surface area contributed by atoms with Gasteiger partial charge in [-0.2, -0.15) is 36.9 Å². The number of anilines is 2. The topological polar surface area (TPSA) is 107 Å². The fourth-order valence-corrected chi connectivity index (χ4v) is 7.16. The van der Waals surface area contributed by atoms with Crippen molar-refractivity contribution in [2.45, 2.75) is 96.8 Å². The third-order valence-corrected chi connectivity index (χ3v) is 10.8. The van der Waals surface area contributed by atoms with Crippen molar-refractivity contribution in [2.75, 3.05) is 36.0 Å². The van der Waals surface area contributed by atoms with Crippen LogP contribution >= 0.6 is 0 Å². The molecular weight excluding hydrogens is 847 g/mol. The number of hydrogen-bond acceptors (Lipinski definition) is 8. The van der Waals surface area contributed by atoms with Crippen LogP contribution in [-0.4, -0.2) is 50.5 Å². The Hall–Kier alpha value is -6.54. The minimum Gasteiger partial charge on any atom is -0.422 e. The highest BCUT2D eigenvalue weighted by molar-refractivity contribution is 5.99. The zero-order valence-corrected chi connectivity index (χ0v) is 37.1. The SMILES string of the molecule is CCCCN(CCCC)c1ccc(/C=C(\C#N)C(=O)Oc2ccc(C(c3ccc(OC(=O)/C(C#N)=C/c4ccc(N(CCCC)CCCC)cc4)cc3)(C(F)(F)F)C(F)(F)F)cc2)cc1. The number of benzene rings is 4. The number of halogens is 6. The molecule has 0 spiro atoms. The van der Waals surface area contributed by atoms with Crippen LogP contribution in [-0.2, 0) is 15.0 Å². The van der Waals surface area contributed by atoms with Crippen molar-refractivity contribution < 1.29 is 45.4 Å². The number of carbonyl (C=O) groups excluding carboxylic acids is 2. The van der Waals surface area contributed by atoms with Gasteiger partial charge in [0.2, 0.25) is 5.41 Å². The molecule has 4 rings (SSSR count). The van der Waals surface area contributed by atoms with Gasteiger partial charge in [-0.3, -0.25) is 0 Å². The fraction of sp³-hybridized carbons (Fsp3) is 0.373. The molecule has 0 atom stereocenters. The molecule has 0 unspecified atom stereocenters. The number of nitriles is 2. The van der Waals surface area contributed by atoms with Crippen molar-refractivity contribution in [2.24, 2.45) is 0 Å². The van der Waals surface area contributed by atoms with Crippen LogP contribution in [0.3, 0.4) is 0 Å². The zero-order valence-electron chi connectivity index (χ0n) is 37.1. The number of hydrogen-bond donors (Lipinski definition) is 0. The average Bonchev–Trinajstić information content (AvgIpc) is 3.28. The van der Waals surface area contributed by atoms with Gasteiger partial charge >= 0.3 is 24.3 Å². The lowest BCUT2D eigenvalue weighted by atomic mass is 9.73. The van der Waals surface area contributed by atoms with E-state index in [1.165, 1.54) is 12.2 Å². The molecule has 14 heteroatoms. The van der Waals surface area contributed by atoms with E-state index in [0.29, 0.717) is 35.4 Å². The number of ether oxygens (including phenoxy) is 2. The molecule has 4 aromatic carbocycles. The van der Waals surface area contributed by atoms with E-state index in [4.69, 9.17) is 9.47 Å². The lowest BCUT2D eigenvalue weighted by molar-refractivity contribution is -0.288. The first kappa shape index (κ1) is 51.1. The van der Waals surface area contributed by atoms with Crippen LogP contribution in [0.5, 0.6) is 11.5 Å². The molecular formula is C51H54F6N4O4. The summed E-state index contributed by atoms with van der Waals surface area (Å²) in [6.07, 6.45) is -1.22. The molecule has 344 valence electrons. The first-order chi connectivity index (χ1) is 31.1. The number of carbonyl (C=O) groups is 2. The maximum atomic E-state index is 15.0. The first-order valence-corrected chi connectivity index (χ1v) is 21.8. The fourth-order valence-electron chi connectivity index (χ4n) is 7.16. The van der Waals surface area contributed by atoms with Crippen molar-refractivity contribution >= 4 is 35.5 Å². The van der Waals surface area contributed by atoms with Crippen LogP contribution in [0.25, 0.3) is 12.2 Å². The molecule has 0 heterocycles. The van der Waals surface area contributed by atoms with Gasteiger partial charge in [-0.15, -0.1) is 0 Å². The molecule has 0 N–H and O–H groups in total. The molecule has 0 bridgehead atoms. The zero-order chi connectivity index (χ0) is 47.6. The summed E-state index contributed by atoms with van der Waals surface area (Å²) in [4.78, 5) is 30.5. The van der Waals surface area contributed by atoms with E-state index >= 15 is 0 Å². The van der Waals surface area contributed by atoms with Gasteiger partial charge in [0.1, 0.15) is 34.8 Å². The van der Waals surface area contributed by atoms with Crippen LogP contribution in [0.15, 0.2) is 108 Å². The summed E-state index contributed by atoms with van der Waals surface area (Å²) in [6.45, 7) is 11.9. The second-order valence-corrected chi connectivity index (χ2v) is 15.5. The highest BCUT2D eigenvalue weighted by Crippen LogP contribution is 2.56. The molecule has 0 aromatic heterocycles. The number of nitrogens with zero attached hydrogens (tertiary/aromatic N) is 4. The predicted octanol–water partition coefficient (Wildman–Crippen LogP) is 12.9. The largest absolute Gasteiger partial charge is 0.422 e. The van der Waals surface area contributed by atoms with Gasteiger partial charge in [0.05, 0.1) is 0 Å². The Bertz CT molecular complexity index is 2130. The molecule has 0 amide bonds.